The van der Waals surface area contributed by atoms with Crippen LogP contribution in [0.4, 0.5) is 5.69 Å². The smallest absolute Gasteiger partial charge is 0.232 e. The molecule has 3 rings (SSSR count). The second-order valence-electron chi connectivity index (χ2n) is 5.77. The van der Waals surface area contributed by atoms with E-state index >= 15 is 0 Å². The molecule has 5 nitrogen and oxygen atoms in total. The molecule has 0 fully saturated rings. The summed E-state index contributed by atoms with van der Waals surface area (Å²) in [6, 6.07) is 6.07. The number of fused-ring (bicyclic) bond motifs is 1. The molecule has 1 aromatic carbocycles. The van der Waals surface area contributed by atoms with Gasteiger partial charge in [-0.3, -0.25) is 8.99 Å². The van der Waals surface area contributed by atoms with Gasteiger partial charge >= 0.3 is 0 Å². The quantitative estimate of drug-likeness (QED) is 0.870. The van der Waals surface area contributed by atoms with Gasteiger partial charge in [-0.15, -0.1) is 0 Å². The largest absolute Gasteiger partial charge is 0.272 e. The van der Waals surface area contributed by atoms with Gasteiger partial charge in [0.1, 0.15) is 0 Å². The first-order valence-corrected chi connectivity index (χ1v) is 9.47. The Labute approximate surface area is 131 Å². The normalized spacial score (nSPS) is 14.9. The maximum atomic E-state index is 12.0. The Morgan fingerprint density at radius 1 is 1.27 bits per heavy atom. The lowest BCUT2D eigenvalue weighted by Crippen LogP contribution is -2.34. The van der Waals surface area contributed by atoms with Crippen LogP contribution in [0.15, 0.2) is 30.6 Å². The molecule has 6 heteroatoms. The molecule has 0 saturated carbocycles. The van der Waals surface area contributed by atoms with Gasteiger partial charge in [0.05, 0.1) is 18.1 Å². The number of aryl methyl sites for hydroxylation is 2. The summed E-state index contributed by atoms with van der Waals surface area (Å²) in [6.07, 6.45) is 7.95. The van der Waals surface area contributed by atoms with Crippen LogP contribution in [0.3, 0.4) is 0 Å². The lowest BCUT2D eigenvalue weighted by Gasteiger charge is -2.29. The molecule has 0 spiro atoms. The molecule has 2 heterocycles. The highest BCUT2D eigenvalue weighted by atomic mass is 32.2. The Kier molecular flexibility index (Phi) is 3.95. The predicted molar refractivity (Wildman–Crippen MR) is 88.5 cm³/mol. The number of benzene rings is 1. The Balaban J connectivity index is 2.01. The third-order valence-corrected chi connectivity index (χ3v) is 5.16. The van der Waals surface area contributed by atoms with E-state index in [1.807, 2.05) is 29.2 Å². The van der Waals surface area contributed by atoms with Gasteiger partial charge in [-0.05, 0) is 36.5 Å². The zero-order chi connectivity index (χ0) is 15.7. The van der Waals surface area contributed by atoms with Gasteiger partial charge < -0.3 is 0 Å². The highest BCUT2D eigenvalue weighted by molar-refractivity contribution is 7.92. The average molecular weight is 319 g/mol. The first kappa shape index (κ1) is 15.1. The van der Waals surface area contributed by atoms with Crippen LogP contribution in [0, 0.1) is 0 Å². The molecule has 1 aromatic heterocycles. The standard InChI is InChI=1S/C16H21N3O2S/c1-3-8-18-12-15(11-17-18)14-7-6-13-5-4-9-19(16(13)10-14)22(2,20)21/h6-7,10-12H,3-5,8-9H2,1-2H3. The van der Waals surface area contributed by atoms with E-state index in [1.165, 1.54) is 10.6 Å². The van der Waals surface area contributed by atoms with Gasteiger partial charge in [0.25, 0.3) is 0 Å². The van der Waals surface area contributed by atoms with Gasteiger partial charge in [-0.25, -0.2) is 8.42 Å². The number of hydrogen-bond acceptors (Lipinski definition) is 3. The van der Waals surface area contributed by atoms with Crippen LogP contribution in [-0.4, -0.2) is 31.0 Å². The van der Waals surface area contributed by atoms with E-state index in [4.69, 9.17) is 0 Å². The zero-order valence-corrected chi connectivity index (χ0v) is 13.8. The summed E-state index contributed by atoms with van der Waals surface area (Å²) in [6.45, 7) is 3.56. The van der Waals surface area contributed by atoms with Gasteiger partial charge in [0.2, 0.25) is 10.0 Å². The monoisotopic (exact) mass is 319 g/mol. The molecule has 118 valence electrons. The molecule has 22 heavy (non-hydrogen) atoms. The minimum Gasteiger partial charge on any atom is -0.272 e. The molecule has 0 atom stereocenters. The molecule has 2 aromatic rings. The Morgan fingerprint density at radius 2 is 2.09 bits per heavy atom. The Morgan fingerprint density at radius 3 is 2.82 bits per heavy atom. The second-order valence-corrected chi connectivity index (χ2v) is 7.68. The van der Waals surface area contributed by atoms with E-state index in [2.05, 4.69) is 18.1 Å². The van der Waals surface area contributed by atoms with Gasteiger partial charge in [0, 0.05) is 24.8 Å². The summed E-state index contributed by atoms with van der Waals surface area (Å²) in [7, 11) is -3.23. The van der Waals surface area contributed by atoms with Gasteiger partial charge in [-0.1, -0.05) is 19.1 Å². The first-order chi connectivity index (χ1) is 10.5. The van der Waals surface area contributed by atoms with Crippen LogP contribution in [0.2, 0.25) is 0 Å². The highest BCUT2D eigenvalue weighted by Gasteiger charge is 2.24. The van der Waals surface area contributed by atoms with Crippen LogP contribution in [0.1, 0.15) is 25.3 Å². The van der Waals surface area contributed by atoms with Crippen LogP contribution in [-0.2, 0) is 23.0 Å². The van der Waals surface area contributed by atoms with Crippen molar-refractivity contribution < 1.29 is 8.42 Å². The minimum absolute atomic E-state index is 0.560. The van der Waals surface area contributed by atoms with Crippen molar-refractivity contribution in [2.45, 2.75) is 32.7 Å². The lowest BCUT2D eigenvalue weighted by molar-refractivity contribution is 0.592. The highest BCUT2D eigenvalue weighted by Crippen LogP contribution is 2.33. The summed E-state index contributed by atoms with van der Waals surface area (Å²) in [5.41, 5.74) is 3.95. The number of aromatic nitrogens is 2. The second kappa shape index (κ2) is 5.76. The van der Waals surface area contributed by atoms with Crippen LogP contribution in [0.25, 0.3) is 11.1 Å². The minimum atomic E-state index is -3.23. The maximum Gasteiger partial charge on any atom is 0.232 e. The number of sulfonamides is 1. The number of nitrogens with zero attached hydrogens (tertiary/aromatic N) is 3. The summed E-state index contributed by atoms with van der Waals surface area (Å²) < 4.78 is 27.4. The van der Waals surface area contributed by atoms with Crippen molar-refractivity contribution in [1.82, 2.24) is 9.78 Å². The molecular formula is C16H21N3O2S. The summed E-state index contributed by atoms with van der Waals surface area (Å²) in [4.78, 5) is 0. The number of hydrogen-bond donors (Lipinski definition) is 0. The van der Waals surface area contributed by atoms with E-state index in [0.717, 1.165) is 48.2 Å². The topological polar surface area (TPSA) is 55.2 Å². The predicted octanol–water partition coefficient (Wildman–Crippen LogP) is 2.67. The molecule has 1 aliphatic rings. The third kappa shape index (κ3) is 2.88. The van der Waals surface area contributed by atoms with Crippen molar-refractivity contribution in [2.24, 2.45) is 0 Å². The molecule has 1 aliphatic heterocycles. The summed E-state index contributed by atoms with van der Waals surface area (Å²) in [5, 5.41) is 4.35. The van der Waals surface area contributed by atoms with Crippen molar-refractivity contribution in [2.75, 3.05) is 17.1 Å². The summed E-state index contributed by atoms with van der Waals surface area (Å²) in [5.74, 6) is 0. The third-order valence-electron chi connectivity index (χ3n) is 3.98. The van der Waals surface area contributed by atoms with E-state index in [-0.39, 0.29) is 0 Å². The molecule has 0 radical (unpaired) electrons. The van der Waals surface area contributed by atoms with E-state index in [1.54, 1.807) is 0 Å². The molecule has 0 amide bonds. The zero-order valence-electron chi connectivity index (χ0n) is 13.0. The molecule has 0 saturated heterocycles. The fraction of sp³-hybridized carbons (Fsp3) is 0.438. The lowest BCUT2D eigenvalue weighted by atomic mass is 9.99. The fourth-order valence-corrected chi connectivity index (χ4v) is 3.92. The van der Waals surface area contributed by atoms with Crippen LogP contribution >= 0.6 is 0 Å². The molecular weight excluding hydrogens is 298 g/mol. The maximum absolute atomic E-state index is 12.0. The Hall–Kier alpha value is -1.82. The van der Waals surface area contributed by atoms with Crippen LogP contribution in [0.5, 0.6) is 0 Å². The van der Waals surface area contributed by atoms with E-state index in [0.29, 0.717) is 6.54 Å². The van der Waals surface area contributed by atoms with Crippen molar-refractivity contribution >= 4 is 15.7 Å². The van der Waals surface area contributed by atoms with Gasteiger partial charge in [0.15, 0.2) is 0 Å². The van der Waals surface area contributed by atoms with E-state index < -0.39 is 10.0 Å². The Bertz CT molecular complexity index is 780. The molecule has 0 N–H and O–H groups in total. The van der Waals surface area contributed by atoms with Crippen molar-refractivity contribution in [3.63, 3.8) is 0 Å². The first-order valence-electron chi connectivity index (χ1n) is 7.62. The number of anilines is 1. The molecule has 0 aliphatic carbocycles. The molecule has 0 unspecified atom stereocenters. The van der Waals surface area contributed by atoms with Crippen molar-refractivity contribution in [1.29, 1.82) is 0 Å². The fourth-order valence-electron chi connectivity index (χ4n) is 2.93. The summed E-state index contributed by atoms with van der Waals surface area (Å²) >= 11 is 0. The number of rotatable bonds is 4. The molecule has 0 bridgehead atoms. The van der Waals surface area contributed by atoms with Crippen molar-refractivity contribution in [3.8, 4) is 11.1 Å². The average Bonchev–Trinajstić information content (AvgIpc) is 2.94. The SMILES string of the molecule is CCCn1cc(-c2ccc3c(c2)N(S(C)(=O)=O)CCC3)cn1. The van der Waals surface area contributed by atoms with Crippen LogP contribution < -0.4 is 4.31 Å². The van der Waals surface area contributed by atoms with E-state index in [9.17, 15) is 8.42 Å². The van der Waals surface area contributed by atoms with Gasteiger partial charge in [-0.2, -0.15) is 5.10 Å². The van der Waals surface area contributed by atoms with Crippen molar-refractivity contribution in [3.05, 3.63) is 36.2 Å².